The lowest BCUT2D eigenvalue weighted by atomic mass is 9.82. The average Bonchev–Trinajstić information content (AvgIpc) is 3.67. The third kappa shape index (κ3) is 7.76. The molecule has 1 saturated heterocycles. The van der Waals surface area contributed by atoms with Gasteiger partial charge in [0.25, 0.3) is 11.6 Å². The van der Waals surface area contributed by atoms with E-state index in [1.54, 1.807) is 23.0 Å². The Morgan fingerprint density at radius 3 is 2.24 bits per heavy atom. The predicted octanol–water partition coefficient (Wildman–Crippen LogP) is 7.07. The topological polar surface area (TPSA) is 143 Å². The molecule has 0 aliphatic carbocycles. The van der Waals surface area contributed by atoms with E-state index < -0.39 is 30.6 Å². The average molecular weight is 813 g/mol. The zero-order chi connectivity index (χ0) is 41.9. The molecule has 304 valence electrons. The zero-order valence-corrected chi connectivity index (χ0v) is 34.6. The number of nitro benzene ring substituents is 1. The van der Waals surface area contributed by atoms with Crippen molar-refractivity contribution in [2.24, 2.45) is 5.92 Å². The summed E-state index contributed by atoms with van der Waals surface area (Å²) >= 11 is 0. The van der Waals surface area contributed by atoms with Crippen molar-refractivity contribution in [3.05, 3.63) is 154 Å². The molecule has 0 unspecified atom stereocenters. The molecule has 1 fully saturated rings. The van der Waals surface area contributed by atoms with Crippen molar-refractivity contribution in [1.29, 1.82) is 0 Å². The standard InChI is InChI=1S/C46H48N4O8Si/c1-32-44(59(3,4)39-21-19-38(57-2)20-22-39)42(28-43(53)47(24-25-51)29-33-12-7-5-8-13-33)58-46(32)40-27-37(50(55)56)18-23-41(40)48(45(46)54)30-34-14-11-17-36(26-34)49(31-52)35-15-9-6-10-16-35/h5-23,26-27,31-32,42,44,51H,24-25,28-30H2,1-4H3/t32-,42+,44-,46+/m0/s1. The molecule has 4 atom stereocenters. The highest BCUT2D eigenvalue weighted by Crippen LogP contribution is 2.60. The molecule has 1 N–H and O–H groups in total. The minimum atomic E-state index is -2.68. The summed E-state index contributed by atoms with van der Waals surface area (Å²) in [5.41, 5.74) is 1.62. The summed E-state index contributed by atoms with van der Waals surface area (Å²) in [6.45, 7) is 6.62. The van der Waals surface area contributed by atoms with Gasteiger partial charge >= 0.3 is 0 Å². The Hall–Kier alpha value is -6.15. The Morgan fingerprint density at radius 2 is 1.59 bits per heavy atom. The second-order valence-corrected chi connectivity index (χ2v) is 20.4. The first-order valence-electron chi connectivity index (χ1n) is 19.7. The van der Waals surface area contributed by atoms with Crippen molar-refractivity contribution in [3.63, 3.8) is 0 Å². The van der Waals surface area contributed by atoms with Crippen LogP contribution >= 0.6 is 0 Å². The molecule has 5 aromatic carbocycles. The Labute approximate surface area is 344 Å². The highest BCUT2D eigenvalue weighted by Gasteiger charge is 2.66. The molecule has 0 radical (unpaired) electrons. The van der Waals surface area contributed by atoms with E-state index in [9.17, 15) is 24.8 Å². The van der Waals surface area contributed by atoms with E-state index in [1.165, 1.54) is 17.0 Å². The quantitative estimate of drug-likeness (QED) is 0.0512. The maximum atomic E-state index is 15.4. The van der Waals surface area contributed by atoms with E-state index in [2.05, 4.69) is 13.1 Å². The molecule has 7 rings (SSSR count). The molecule has 1 spiro atoms. The monoisotopic (exact) mass is 812 g/mol. The largest absolute Gasteiger partial charge is 0.497 e. The van der Waals surface area contributed by atoms with E-state index in [0.29, 0.717) is 28.4 Å². The van der Waals surface area contributed by atoms with Crippen molar-refractivity contribution in [2.75, 3.05) is 30.1 Å². The van der Waals surface area contributed by atoms with Gasteiger partial charge in [0, 0.05) is 48.1 Å². The van der Waals surface area contributed by atoms with Crippen LogP contribution in [-0.2, 0) is 37.8 Å². The third-order valence-electron chi connectivity index (χ3n) is 12.0. The number of ether oxygens (including phenoxy) is 2. The van der Waals surface area contributed by atoms with Crippen LogP contribution in [0.4, 0.5) is 22.7 Å². The normalized spacial score (nSPS) is 19.7. The maximum Gasteiger partial charge on any atom is 0.269 e. The van der Waals surface area contributed by atoms with Crippen LogP contribution in [0.1, 0.15) is 30.0 Å². The lowest BCUT2D eigenvalue weighted by Gasteiger charge is -2.37. The van der Waals surface area contributed by atoms with Crippen LogP contribution in [0.5, 0.6) is 5.75 Å². The lowest BCUT2D eigenvalue weighted by molar-refractivity contribution is -0.385. The van der Waals surface area contributed by atoms with Gasteiger partial charge in [-0.2, -0.15) is 0 Å². The fraction of sp³-hybridized carbons (Fsp3) is 0.283. The number of aliphatic hydroxyl groups excluding tert-OH is 1. The summed E-state index contributed by atoms with van der Waals surface area (Å²) < 4.78 is 12.6. The van der Waals surface area contributed by atoms with Crippen LogP contribution in [0.15, 0.2) is 127 Å². The zero-order valence-electron chi connectivity index (χ0n) is 33.6. The van der Waals surface area contributed by atoms with E-state index in [-0.39, 0.29) is 55.7 Å². The number of carbonyl (C=O) groups is 3. The van der Waals surface area contributed by atoms with Crippen molar-refractivity contribution < 1.29 is 33.9 Å². The predicted molar refractivity (Wildman–Crippen MR) is 229 cm³/mol. The molecule has 0 saturated carbocycles. The number of carbonyl (C=O) groups excluding carboxylic acids is 3. The molecular weight excluding hydrogens is 765 g/mol. The summed E-state index contributed by atoms with van der Waals surface area (Å²) in [6.07, 6.45) is -0.0917. The minimum absolute atomic E-state index is 0.0726. The third-order valence-corrected chi connectivity index (χ3v) is 16.4. The first-order valence-corrected chi connectivity index (χ1v) is 22.7. The fourth-order valence-corrected chi connectivity index (χ4v) is 13.1. The van der Waals surface area contributed by atoms with E-state index in [0.717, 1.165) is 22.7 Å². The van der Waals surface area contributed by atoms with Gasteiger partial charge in [0.05, 0.1) is 51.5 Å². The number of rotatable bonds is 15. The van der Waals surface area contributed by atoms with E-state index in [1.807, 2.05) is 116 Å². The smallest absolute Gasteiger partial charge is 0.269 e. The van der Waals surface area contributed by atoms with Gasteiger partial charge in [-0.1, -0.05) is 98.0 Å². The highest BCUT2D eigenvalue weighted by atomic mass is 28.3. The number of nitro groups is 1. The molecule has 0 bridgehead atoms. The van der Waals surface area contributed by atoms with Gasteiger partial charge in [0.15, 0.2) is 5.60 Å². The second kappa shape index (κ2) is 17.0. The van der Waals surface area contributed by atoms with Crippen LogP contribution in [0.25, 0.3) is 0 Å². The Morgan fingerprint density at radius 1 is 0.932 bits per heavy atom. The number of aliphatic hydroxyl groups is 1. The maximum absolute atomic E-state index is 15.4. The number of amides is 3. The van der Waals surface area contributed by atoms with Gasteiger partial charge in [-0.3, -0.25) is 29.4 Å². The number of nitrogens with zero attached hydrogens (tertiary/aromatic N) is 4. The molecule has 3 amide bonds. The molecule has 2 heterocycles. The number of benzene rings is 5. The van der Waals surface area contributed by atoms with E-state index in [4.69, 9.17) is 9.47 Å². The number of hydrogen-bond acceptors (Lipinski definition) is 8. The van der Waals surface area contributed by atoms with Crippen molar-refractivity contribution in [1.82, 2.24) is 4.90 Å². The van der Waals surface area contributed by atoms with Crippen LogP contribution in [0.2, 0.25) is 18.6 Å². The lowest BCUT2D eigenvalue weighted by Crippen LogP contribution is -2.52. The van der Waals surface area contributed by atoms with Crippen LogP contribution < -0.4 is 19.7 Å². The number of methoxy groups -OCH3 is 1. The first-order chi connectivity index (χ1) is 28.4. The summed E-state index contributed by atoms with van der Waals surface area (Å²) in [7, 11) is -1.07. The summed E-state index contributed by atoms with van der Waals surface area (Å²) in [6, 6.07) is 38.4. The first kappa shape index (κ1) is 41.0. The molecule has 12 nitrogen and oxygen atoms in total. The van der Waals surface area contributed by atoms with Crippen molar-refractivity contribution >= 4 is 54.2 Å². The van der Waals surface area contributed by atoms with Gasteiger partial charge < -0.3 is 24.4 Å². The van der Waals surface area contributed by atoms with Gasteiger partial charge in [0.1, 0.15) is 5.75 Å². The molecular formula is C46H48N4O8Si. The van der Waals surface area contributed by atoms with Crippen LogP contribution in [0.3, 0.4) is 0 Å². The second-order valence-electron chi connectivity index (χ2n) is 15.7. The van der Waals surface area contributed by atoms with Crippen molar-refractivity contribution in [3.8, 4) is 5.75 Å². The number of para-hydroxylation sites is 1. The Kier molecular flexibility index (Phi) is 11.8. The Balaban J connectivity index is 1.31. The van der Waals surface area contributed by atoms with Crippen molar-refractivity contribution in [2.45, 2.75) is 56.8 Å². The number of fused-ring (bicyclic) bond motifs is 2. The molecule has 2 aliphatic heterocycles. The van der Waals surface area contributed by atoms with Gasteiger partial charge in [-0.25, -0.2) is 0 Å². The minimum Gasteiger partial charge on any atom is -0.497 e. The molecule has 5 aromatic rings. The number of hydrogen-bond donors (Lipinski definition) is 1. The van der Waals surface area contributed by atoms with Gasteiger partial charge in [-0.15, -0.1) is 0 Å². The molecule has 13 heteroatoms. The fourth-order valence-electron chi connectivity index (χ4n) is 9.14. The summed E-state index contributed by atoms with van der Waals surface area (Å²) in [5, 5.41) is 23.4. The van der Waals surface area contributed by atoms with Crippen LogP contribution in [0, 0.1) is 16.0 Å². The van der Waals surface area contributed by atoms with Gasteiger partial charge in [-0.05, 0) is 59.1 Å². The van der Waals surface area contributed by atoms with Gasteiger partial charge in [0.2, 0.25) is 12.3 Å². The molecule has 59 heavy (non-hydrogen) atoms. The Bertz CT molecular complexity index is 2330. The summed E-state index contributed by atoms with van der Waals surface area (Å²) in [5.74, 6) is -0.446. The number of anilines is 3. The number of non-ortho nitro benzene ring substituents is 1. The molecule has 2 aliphatic rings. The summed E-state index contributed by atoms with van der Waals surface area (Å²) in [4.78, 5) is 58.7. The highest BCUT2D eigenvalue weighted by molar-refractivity contribution is 6.91. The molecule has 0 aromatic heterocycles. The van der Waals surface area contributed by atoms with E-state index >= 15 is 4.79 Å². The van der Waals surface area contributed by atoms with Crippen LogP contribution in [-0.4, -0.2) is 67.6 Å². The SMILES string of the molecule is COc1ccc([Si](C)(C)[C@@H]2[C@@H](CC(=O)N(CCO)Cc3ccccc3)O[C@]3(C(=O)N(Cc4cccc(N(C=O)c5ccccc5)c4)c4ccc([N+](=O)[O-])cc43)[C@H]2C)cc1.